The Morgan fingerprint density at radius 1 is 1.53 bits per heavy atom. The van der Waals surface area contributed by atoms with Gasteiger partial charge in [0, 0.05) is 10.7 Å². The monoisotopic (exact) mass is 350 g/mol. The fourth-order valence-electron chi connectivity index (χ4n) is 2.43. The van der Waals surface area contributed by atoms with Crippen LogP contribution >= 0.6 is 27.5 Å². The van der Waals surface area contributed by atoms with E-state index in [2.05, 4.69) is 22.5 Å². The average Bonchev–Trinajstić information content (AvgIpc) is 2.23. The molecule has 0 bridgehead atoms. The number of hydrogen-bond donors (Lipinski definition) is 2. The van der Waals surface area contributed by atoms with Crippen LogP contribution in [0.25, 0.3) is 0 Å². The highest BCUT2D eigenvalue weighted by Gasteiger charge is 2.45. The molecule has 1 saturated carbocycles. The minimum Gasteiger partial charge on any atom is -0.389 e. The number of aliphatic hydroxyl groups is 2. The number of alkyl halides is 2. The zero-order valence-electron chi connectivity index (χ0n) is 11.9. The first-order valence-corrected chi connectivity index (χ1v) is 7.86. The molecule has 0 saturated heterocycles. The fourth-order valence-corrected chi connectivity index (χ4v) is 3.15. The SMILES string of the molecule is C=C(CC(O)C=C(C)C)C1(O)CCC(C)(Br)C(Cl)C1. The molecule has 0 aliphatic heterocycles. The van der Waals surface area contributed by atoms with E-state index >= 15 is 0 Å². The molecule has 2 nitrogen and oxygen atoms in total. The summed E-state index contributed by atoms with van der Waals surface area (Å²) in [4.78, 5) is 0. The Balaban J connectivity index is 2.69. The summed E-state index contributed by atoms with van der Waals surface area (Å²) in [6, 6.07) is 0. The van der Waals surface area contributed by atoms with Crippen LogP contribution < -0.4 is 0 Å². The zero-order chi connectivity index (χ0) is 14.8. The third kappa shape index (κ3) is 4.59. The maximum Gasteiger partial charge on any atom is 0.0870 e. The summed E-state index contributed by atoms with van der Waals surface area (Å²) in [5.74, 6) is 0. The molecule has 1 rings (SSSR count). The Morgan fingerprint density at radius 3 is 2.58 bits per heavy atom. The van der Waals surface area contributed by atoms with Gasteiger partial charge in [-0.15, -0.1) is 11.6 Å². The lowest BCUT2D eigenvalue weighted by molar-refractivity contribution is 0.0276. The van der Waals surface area contributed by atoms with E-state index in [0.717, 1.165) is 12.0 Å². The van der Waals surface area contributed by atoms with Crippen LogP contribution in [-0.2, 0) is 0 Å². The zero-order valence-corrected chi connectivity index (χ0v) is 14.3. The van der Waals surface area contributed by atoms with Gasteiger partial charge in [0.05, 0.1) is 17.1 Å². The second-order valence-corrected chi connectivity index (χ2v) is 8.44. The van der Waals surface area contributed by atoms with Gasteiger partial charge in [-0.2, -0.15) is 0 Å². The molecule has 0 heterocycles. The minimum atomic E-state index is -0.962. The first kappa shape index (κ1) is 17.2. The summed E-state index contributed by atoms with van der Waals surface area (Å²) in [5.41, 5.74) is 0.765. The Kier molecular flexibility index (Phi) is 5.71. The van der Waals surface area contributed by atoms with Gasteiger partial charge in [-0.3, -0.25) is 0 Å². The summed E-state index contributed by atoms with van der Waals surface area (Å²) in [5, 5.41) is 20.5. The highest BCUT2D eigenvalue weighted by atomic mass is 79.9. The first-order valence-electron chi connectivity index (χ1n) is 6.63. The Hall–Kier alpha value is 0.170. The van der Waals surface area contributed by atoms with Crippen molar-refractivity contribution in [2.75, 3.05) is 0 Å². The fraction of sp³-hybridized carbons (Fsp3) is 0.733. The lowest BCUT2D eigenvalue weighted by atomic mass is 9.74. The summed E-state index contributed by atoms with van der Waals surface area (Å²) in [7, 11) is 0. The van der Waals surface area contributed by atoms with Gasteiger partial charge in [0.1, 0.15) is 0 Å². The van der Waals surface area contributed by atoms with Gasteiger partial charge in [-0.1, -0.05) is 34.2 Å². The maximum atomic E-state index is 10.7. The molecule has 19 heavy (non-hydrogen) atoms. The van der Waals surface area contributed by atoms with E-state index in [0.29, 0.717) is 24.8 Å². The van der Waals surface area contributed by atoms with E-state index in [4.69, 9.17) is 11.6 Å². The van der Waals surface area contributed by atoms with Crippen LogP contribution in [0.15, 0.2) is 23.8 Å². The summed E-state index contributed by atoms with van der Waals surface area (Å²) in [6.07, 6.45) is 3.45. The summed E-state index contributed by atoms with van der Waals surface area (Å²) < 4.78 is -0.139. The normalized spacial score (nSPS) is 36.7. The topological polar surface area (TPSA) is 40.5 Å². The van der Waals surface area contributed by atoms with Gasteiger partial charge < -0.3 is 10.2 Å². The molecule has 0 aromatic carbocycles. The predicted molar refractivity (Wildman–Crippen MR) is 85.0 cm³/mol. The van der Waals surface area contributed by atoms with E-state index in [1.165, 1.54) is 0 Å². The van der Waals surface area contributed by atoms with Crippen LogP contribution in [0.2, 0.25) is 0 Å². The molecule has 4 heteroatoms. The van der Waals surface area contributed by atoms with E-state index in [-0.39, 0.29) is 9.70 Å². The molecular formula is C15H24BrClO2. The molecule has 1 aliphatic rings. The van der Waals surface area contributed by atoms with E-state index in [9.17, 15) is 10.2 Å². The molecule has 0 aromatic heterocycles. The number of allylic oxidation sites excluding steroid dienone is 1. The van der Waals surface area contributed by atoms with E-state index in [1.807, 2.05) is 20.8 Å². The summed E-state index contributed by atoms with van der Waals surface area (Å²) in [6.45, 7) is 9.89. The second-order valence-electron chi connectivity index (χ2n) is 6.10. The Bertz CT molecular complexity index is 374. The van der Waals surface area contributed by atoms with Crippen molar-refractivity contribution in [3.63, 3.8) is 0 Å². The van der Waals surface area contributed by atoms with Crippen molar-refractivity contribution in [3.8, 4) is 0 Å². The molecule has 110 valence electrons. The van der Waals surface area contributed by atoms with Crippen molar-refractivity contribution < 1.29 is 10.2 Å². The van der Waals surface area contributed by atoms with Crippen molar-refractivity contribution >= 4 is 27.5 Å². The average molecular weight is 352 g/mol. The molecule has 4 atom stereocenters. The van der Waals surface area contributed by atoms with Gasteiger partial charge in [0.25, 0.3) is 0 Å². The van der Waals surface area contributed by atoms with Gasteiger partial charge in [-0.25, -0.2) is 0 Å². The second kappa shape index (κ2) is 6.30. The number of halogens is 2. The smallest absolute Gasteiger partial charge is 0.0870 e. The standard InChI is InChI=1S/C15H24BrClO2/c1-10(2)7-12(18)8-11(3)15(19)6-5-14(4,16)13(17)9-15/h7,12-13,18-19H,3,5-6,8-9H2,1-2,4H3. The van der Waals surface area contributed by atoms with Crippen LogP contribution in [0.5, 0.6) is 0 Å². The van der Waals surface area contributed by atoms with E-state index < -0.39 is 11.7 Å². The number of rotatable bonds is 4. The van der Waals surface area contributed by atoms with E-state index in [1.54, 1.807) is 6.08 Å². The summed E-state index contributed by atoms with van der Waals surface area (Å²) >= 11 is 9.95. The van der Waals surface area contributed by atoms with Crippen LogP contribution in [-0.4, -0.2) is 31.6 Å². The van der Waals surface area contributed by atoms with Gasteiger partial charge in [0.15, 0.2) is 0 Å². The van der Waals surface area contributed by atoms with Crippen molar-refractivity contribution in [3.05, 3.63) is 23.8 Å². The molecule has 0 aromatic rings. The first-order chi connectivity index (χ1) is 8.57. The van der Waals surface area contributed by atoms with Gasteiger partial charge in [0.2, 0.25) is 0 Å². The number of aliphatic hydroxyl groups excluding tert-OH is 1. The molecular weight excluding hydrogens is 328 g/mol. The third-order valence-corrected chi connectivity index (χ3v) is 5.69. The van der Waals surface area contributed by atoms with Crippen LogP contribution in [0.4, 0.5) is 0 Å². The lowest BCUT2D eigenvalue weighted by Crippen LogP contribution is -2.47. The molecule has 0 amide bonds. The molecule has 4 unspecified atom stereocenters. The van der Waals surface area contributed by atoms with Crippen molar-refractivity contribution in [2.45, 2.75) is 67.9 Å². The van der Waals surface area contributed by atoms with Gasteiger partial charge in [-0.05, 0) is 45.6 Å². The molecule has 2 N–H and O–H groups in total. The van der Waals surface area contributed by atoms with Crippen LogP contribution in [0.3, 0.4) is 0 Å². The largest absolute Gasteiger partial charge is 0.389 e. The van der Waals surface area contributed by atoms with Crippen molar-refractivity contribution in [1.82, 2.24) is 0 Å². The van der Waals surface area contributed by atoms with Gasteiger partial charge >= 0.3 is 0 Å². The molecule has 1 fully saturated rings. The minimum absolute atomic E-state index is 0.139. The lowest BCUT2D eigenvalue weighted by Gasteiger charge is -2.43. The predicted octanol–water partition coefficient (Wildman–Crippen LogP) is 3.94. The molecule has 0 spiro atoms. The Labute approximate surface area is 129 Å². The Morgan fingerprint density at radius 2 is 2.11 bits per heavy atom. The highest BCUT2D eigenvalue weighted by Crippen LogP contribution is 2.46. The van der Waals surface area contributed by atoms with Crippen molar-refractivity contribution in [2.24, 2.45) is 0 Å². The maximum absolute atomic E-state index is 10.7. The molecule has 1 aliphatic carbocycles. The number of hydrogen-bond acceptors (Lipinski definition) is 2. The van der Waals surface area contributed by atoms with Crippen LogP contribution in [0, 0.1) is 0 Å². The molecule has 0 radical (unpaired) electrons. The quantitative estimate of drug-likeness (QED) is 0.595. The third-order valence-electron chi connectivity index (χ3n) is 3.84. The van der Waals surface area contributed by atoms with Crippen LogP contribution in [0.1, 0.15) is 46.5 Å². The van der Waals surface area contributed by atoms with Crippen molar-refractivity contribution in [1.29, 1.82) is 0 Å². The highest BCUT2D eigenvalue weighted by molar-refractivity contribution is 9.10.